The number of pyridine rings is 1. The van der Waals surface area contributed by atoms with Crippen LogP contribution in [-0.2, 0) is 21.3 Å². The number of methoxy groups -OCH3 is 1. The zero-order chi connectivity index (χ0) is 29.0. The average Bonchev–Trinajstić information content (AvgIpc) is 3.25. The summed E-state index contributed by atoms with van der Waals surface area (Å²) in [5, 5.41) is 0. The van der Waals surface area contributed by atoms with Gasteiger partial charge in [0.05, 0.1) is 29.8 Å². The van der Waals surface area contributed by atoms with Crippen molar-refractivity contribution in [3.63, 3.8) is 0 Å². The van der Waals surface area contributed by atoms with Crippen molar-refractivity contribution in [2.45, 2.75) is 45.5 Å². The molecule has 0 aliphatic rings. The summed E-state index contributed by atoms with van der Waals surface area (Å²) in [6.45, 7) is 7.34. The Labute approximate surface area is 224 Å². The lowest BCUT2D eigenvalue weighted by Crippen LogP contribution is -2.31. The van der Waals surface area contributed by atoms with Crippen LogP contribution in [0.4, 0.5) is 19.0 Å². The molecular formula is C27H28F3N3O5S. The Kier molecular flexibility index (Phi) is 8.90. The van der Waals surface area contributed by atoms with E-state index in [2.05, 4.69) is 14.5 Å². The quantitative estimate of drug-likeness (QED) is 0.254. The predicted octanol–water partition coefficient (Wildman–Crippen LogP) is 6.06. The fraction of sp³-hybridized carbons (Fsp3) is 0.259. The van der Waals surface area contributed by atoms with E-state index in [0.29, 0.717) is 16.9 Å². The van der Waals surface area contributed by atoms with Gasteiger partial charge in [-0.05, 0) is 67.4 Å². The van der Waals surface area contributed by atoms with Gasteiger partial charge >= 0.3 is 12.3 Å². The Morgan fingerprint density at radius 3 is 2.15 bits per heavy atom. The molecule has 39 heavy (non-hydrogen) atoms. The number of hydrogen-bond donors (Lipinski definition) is 0. The maximum Gasteiger partial charge on any atom is 0.573 e. The van der Waals surface area contributed by atoms with Gasteiger partial charge in [0.25, 0.3) is 10.0 Å². The van der Waals surface area contributed by atoms with Gasteiger partial charge in [0.1, 0.15) is 11.4 Å². The Morgan fingerprint density at radius 2 is 1.62 bits per heavy atom. The summed E-state index contributed by atoms with van der Waals surface area (Å²) in [6.07, 6.45) is -3.09. The number of carbonyl (C=O) groups excluding carboxylic acids is 1. The third-order valence-electron chi connectivity index (χ3n) is 5.64. The fourth-order valence-corrected chi connectivity index (χ4v) is 5.24. The van der Waals surface area contributed by atoms with Gasteiger partial charge < -0.3 is 13.9 Å². The number of ether oxygens (including phenoxy) is 2. The summed E-state index contributed by atoms with van der Waals surface area (Å²) in [5.74, 6) is -0.890. The van der Waals surface area contributed by atoms with Crippen LogP contribution in [-0.4, -0.2) is 37.2 Å². The van der Waals surface area contributed by atoms with Crippen LogP contribution in [0.25, 0.3) is 5.65 Å². The van der Waals surface area contributed by atoms with Gasteiger partial charge in [0.2, 0.25) is 0 Å². The standard InChI is InChI=1S/C25H22F3N3O5S.C2H6/c1-16-5-4-14-30-17(2)23(29-22(16)30)31(15-18-6-10-20(11-7-18)36-25(26,27)28)37(33,34)21-12-8-19(9-13-21)24(32)35-3;1-2/h4-14H,15H2,1-3H3;1-2H3. The second-order valence-corrected chi connectivity index (χ2v) is 9.99. The fourth-order valence-electron chi connectivity index (χ4n) is 3.79. The molecule has 0 fully saturated rings. The van der Waals surface area contributed by atoms with E-state index in [-0.39, 0.29) is 22.8 Å². The molecule has 12 heteroatoms. The van der Waals surface area contributed by atoms with Gasteiger partial charge in [-0.3, -0.25) is 0 Å². The lowest BCUT2D eigenvalue weighted by Gasteiger charge is -2.23. The first kappa shape index (κ1) is 29.5. The minimum Gasteiger partial charge on any atom is -0.465 e. The SMILES string of the molecule is CC.COC(=O)c1ccc(S(=O)(=O)N(Cc2ccc(OC(F)(F)F)cc2)c2nc3c(C)cccn3c2C)cc1. The minimum atomic E-state index is -4.85. The van der Waals surface area contributed by atoms with E-state index >= 15 is 0 Å². The van der Waals surface area contributed by atoms with Crippen molar-refractivity contribution < 1.29 is 35.9 Å². The second-order valence-electron chi connectivity index (χ2n) is 8.13. The van der Waals surface area contributed by atoms with Gasteiger partial charge in [-0.25, -0.2) is 22.5 Å². The van der Waals surface area contributed by atoms with E-state index < -0.39 is 28.1 Å². The molecule has 0 amide bonds. The van der Waals surface area contributed by atoms with Crippen LogP contribution in [0.5, 0.6) is 5.75 Å². The van der Waals surface area contributed by atoms with Crippen molar-refractivity contribution in [1.82, 2.24) is 9.38 Å². The van der Waals surface area contributed by atoms with E-state index in [0.717, 1.165) is 22.0 Å². The lowest BCUT2D eigenvalue weighted by molar-refractivity contribution is -0.274. The van der Waals surface area contributed by atoms with Gasteiger partial charge in [-0.1, -0.05) is 32.0 Å². The van der Waals surface area contributed by atoms with Gasteiger partial charge in [0, 0.05) is 6.20 Å². The molecule has 2 aromatic carbocycles. The number of esters is 1. The Bertz CT molecular complexity index is 1550. The predicted molar refractivity (Wildman–Crippen MR) is 140 cm³/mol. The van der Waals surface area contributed by atoms with E-state index in [1.807, 2.05) is 32.9 Å². The highest BCUT2D eigenvalue weighted by molar-refractivity contribution is 7.92. The van der Waals surface area contributed by atoms with Crippen LogP contribution in [0.15, 0.2) is 71.8 Å². The molecule has 4 rings (SSSR count). The first-order valence-electron chi connectivity index (χ1n) is 11.9. The first-order valence-corrected chi connectivity index (χ1v) is 13.3. The Hall–Kier alpha value is -4.06. The maximum absolute atomic E-state index is 13.8. The summed E-state index contributed by atoms with van der Waals surface area (Å²) in [4.78, 5) is 16.3. The van der Waals surface area contributed by atoms with Crippen LogP contribution in [0.1, 0.15) is 41.0 Å². The largest absolute Gasteiger partial charge is 0.573 e. The molecule has 0 bridgehead atoms. The number of carbonyl (C=O) groups is 1. The van der Waals surface area contributed by atoms with Crippen LogP contribution < -0.4 is 9.04 Å². The number of fused-ring (bicyclic) bond motifs is 1. The minimum absolute atomic E-state index is 0.106. The smallest absolute Gasteiger partial charge is 0.465 e. The van der Waals surface area contributed by atoms with Crippen LogP contribution in [0.2, 0.25) is 0 Å². The topological polar surface area (TPSA) is 90.2 Å². The summed E-state index contributed by atoms with van der Waals surface area (Å²) in [5.41, 5.74) is 2.51. The van der Waals surface area contributed by atoms with Gasteiger partial charge in [-0.2, -0.15) is 0 Å². The Balaban J connectivity index is 0.00000205. The van der Waals surface area contributed by atoms with Crippen molar-refractivity contribution >= 4 is 27.5 Å². The third kappa shape index (κ3) is 6.51. The number of halogens is 3. The maximum atomic E-state index is 13.8. The van der Waals surface area contributed by atoms with Crippen LogP contribution in [0, 0.1) is 13.8 Å². The summed E-state index contributed by atoms with van der Waals surface area (Å²) >= 11 is 0. The first-order chi connectivity index (χ1) is 18.4. The molecule has 0 spiro atoms. The zero-order valence-corrected chi connectivity index (χ0v) is 22.8. The molecule has 0 aliphatic carbocycles. The van der Waals surface area contributed by atoms with Crippen LogP contribution in [0.3, 0.4) is 0 Å². The molecule has 208 valence electrons. The number of aryl methyl sites for hydroxylation is 2. The second kappa shape index (κ2) is 11.8. The number of rotatable bonds is 7. The monoisotopic (exact) mass is 563 g/mol. The van der Waals surface area contributed by atoms with Crippen molar-refractivity contribution in [2.24, 2.45) is 0 Å². The third-order valence-corrected chi connectivity index (χ3v) is 7.39. The van der Waals surface area contributed by atoms with Crippen molar-refractivity contribution in [2.75, 3.05) is 11.4 Å². The van der Waals surface area contributed by atoms with Crippen molar-refractivity contribution in [3.8, 4) is 5.75 Å². The molecule has 0 aliphatic heterocycles. The molecule has 8 nitrogen and oxygen atoms in total. The highest BCUT2D eigenvalue weighted by Gasteiger charge is 2.32. The molecule has 0 radical (unpaired) electrons. The Morgan fingerprint density at radius 1 is 1.00 bits per heavy atom. The molecule has 0 unspecified atom stereocenters. The van der Waals surface area contributed by atoms with E-state index in [1.54, 1.807) is 17.5 Å². The number of alkyl halides is 3. The van der Waals surface area contributed by atoms with Crippen molar-refractivity contribution in [1.29, 1.82) is 0 Å². The number of hydrogen-bond acceptors (Lipinski definition) is 6. The molecule has 2 heterocycles. The highest BCUT2D eigenvalue weighted by atomic mass is 32.2. The number of anilines is 1. The molecule has 0 saturated heterocycles. The van der Waals surface area contributed by atoms with E-state index in [1.165, 1.54) is 43.5 Å². The molecule has 0 atom stereocenters. The van der Waals surface area contributed by atoms with Gasteiger partial charge in [-0.15, -0.1) is 13.2 Å². The number of benzene rings is 2. The lowest BCUT2D eigenvalue weighted by atomic mass is 10.2. The molecule has 0 N–H and O–H groups in total. The van der Waals surface area contributed by atoms with Crippen molar-refractivity contribution in [3.05, 3.63) is 89.2 Å². The normalized spacial score (nSPS) is 11.5. The number of aromatic nitrogens is 2. The molecular weight excluding hydrogens is 535 g/mol. The summed E-state index contributed by atoms with van der Waals surface area (Å²) < 4.78 is 76.7. The molecule has 4 aromatic rings. The number of imidazole rings is 1. The number of sulfonamides is 1. The average molecular weight is 564 g/mol. The molecule has 0 saturated carbocycles. The van der Waals surface area contributed by atoms with Gasteiger partial charge in [0.15, 0.2) is 5.82 Å². The van der Waals surface area contributed by atoms with E-state index in [9.17, 15) is 26.4 Å². The summed E-state index contributed by atoms with van der Waals surface area (Å²) in [6, 6.07) is 13.8. The summed E-state index contributed by atoms with van der Waals surface area (Å²) in [7, 11) is -3.01. The van der Waals surface area contributed by atoms with Crippen LogP contribution >= 0.6 is 0 Å². The number of nitrogens with zero attached hydrogens (tertiary/aromatic N) is 3. The highest BCUT2D eigenvalue weighted by Crippen LogP contribution is 2.31. The zero-order valence-electron chi connectivity index (χ0n) is 22.0. The van der Waals surface area contributed by atoms with E-state index in [4.69, 9.17) is 0 Å². The molecule has 2 aromatic heterocycles.